The first-order valence-electron chi connectivity index (χ1n) is 13.3. The fraction of sp³-hybridized carbons (Fsp3) is 0.387. The number of carbonyl (C=O) groups is 1. The average molecular weight is 537 g/mol. The smallest absolute Gasteiger partial charge is 0.253 e. The van der Waals surface area contributed by atoms with Crippen molar-refractivity contribution in [2.24, 2.45) is 0 Å². The van der Waals surface area contributed by atoms with Crippen molar-refractivity contribution in [1.29, 1.82) is 0 Å². The Labute approximate surface area is 230 Å². The summed E-state index contributed by atoms with van der Waals surface area (Å²) in [5.41, 5.74) is 4.94. The monoisotopic (exact) mass is 535 g/mol. The van der Waals surface area contributed by atoms with E-state index in [4.69, 9.17) is 23.2 Å². The first-order valence-corrected chi connectivity index (χ1v) is 14.0. The minimum Gasteiger partial charge on any atom is -0.341 e. The van der Waals surface area contributed by atoms with Crippen LogP contribution in [0, 0.1) is 0 Å². The summed E-state index contributed by atoms with van der Waals surface area (Å²) < 4.78 is 0. The van der Waals surface area contributed by atoms with E-state index in [0.717, 1.165) is 57.4 Å². The molecule has 0 unspecified atom stereocenters. The predicted molar refractivity (Wildman–Crippen MR) is 153 cm³/mol. The van der Waals surface area contributed by atoms with Crippen LogP contribution in [-0.2, 0) is 12.0 Å². The Balaban J connectivity index is 1.26. The molecule has 0 saturated carbocycles. The van der Waals surface area contributed by atoms with Gasteiger partial charge in [-0.2, -0.15) is 0 Å². The molecule has 1 atom stereocenters. The zero-order valence-corrected chi connectivity index (χ0v) is 22.9. The summed E-state index contributed by atoms with van der Waals surface area (Å²) in [5, 5.41) is 4.98. The third kappa shape index (κ3) is 5.88. The number of halogens is 2. The summed E-state index contributed by atoms with van der Waals surface area (Å²) in [7, 11) is 1.89. The number of amides is 1. The highest BCUT2D eigenvalue weighted by atomic mass is 35.5. The Morgan fingerprint density at radius 3 is 2.49 bits per heavy atom. The van der Waals surface area contributed by atoms with E-state index < -0.39 is 0 Å². The molecule has 1 amide bonds. The maximum atomic E-state index is 13.1. The van der Waals surface area contributed by atoms with Crippen molar-refractivity contribution < 1.29 is 4.79 Å². The molecule has 0 radical (unpaired) electrons. The number of nitrogens with zero attached hydrogens (tertiary/aromatic N) is 2. The highest BCUT2D eigenvalue weighted by Gasteiger charge is 2.39. The van der Waals surface area contributed by atoms with Gasteiger partial charge >= 0.3 is 0 Å². The number of benzene rings is 3. The van der Waals surface area contributed by atoms with Gasteiger partial charge < -0.3 is 15.1 Å². The quantitative estimate of drug-likeness (QED) is 0.381. The second-order valence-electron chi connectivity index (χ2n) is 10.5. The summed E-state index contributed by atoms with van der Waals surface area (Å²) in [6, 6.07) is 24.3. The summed E-state index contributed by atoms with van der Waals surface area (Å²) in [6.07, 6.45) is 4.30. The van der Waals surface area contributed by atoms with Gasteiger partial charge in [0.25, 0.3) is 5.91 Å². The van der Waals surface area contributed by atoms with Crippen molar-refractivity contribution >= 4 is 29.1 Å². The van der Waals surface area contributed by atoms with Gasteiger partial charge in [-0.1, -0.05) is 71.7 Å². The number of piperidine rings is 1. The fourth-order valence-electron chi connectivity index (χ4n) is 6.02. The number of hydrogen-bond acceptors (Lipinski definition) is 3. The summed E-state index contributed by atoms with van der Waals surface area (Å²) in [5.74, 6) is 0.199. The van der Waals surface area contributed by atoms with Gasteiger partial charge in [-0.25, -0.2) is 0 Å². The van der Waals surface area contributed by atoms with E-state index >= 15 is 0 Å². The molecular weight excluding hydrogens is 501 g/mol. The standard InChI is InChI=1S/C31H35Cl2N3O/c1-35(30(37)24-8-3-2-4-9-24)22-26(25-11-12-28(32)29(33)21-25)14-18-36-19-15-31(16-20-36)27-10-6-5-7-23(27)13-17-34-31/h2-12,21,26,34H,13-20,22H2,1H3/t26-/m1/s1. The Kier molecular flexibility index (Phi) is 8.21. The van der Waals surface area contributed by atoms with E-state index in [9.17, 15) is 4.79 Å². The number of rotatable bonds is 7. The lowest BCUT2D eigenvalue weighted by Crippen LogP contribution is -2.54. The number of hydrogen-bond donors (Lipinski definition) is 1. The number of fused-ring (bicyclic) bond motifs is 2. The van der Waals surface area contributed by atoms with Crippen molar-refractivity contribution in [3.8, 4) is 0 Å². The van der Waals surface area contributed by atoms with E-state index in [1.807, 2.05) is 60.5 Å². The van der Waals surface area contributed by atoms with Crippen LogP contribution in [-0.4, -0.2) is 55.5 Å². The number of likely N-dealkylation sites (N-methyl/N-ethyl adjacent to an activating group) is 1. The molecule has 1 fully saturated rings. The topological polar surface area (TPSA) is 35.6 Å². The second kappa shape index (κ2) is 11.6. The van der Waals surface area contributed by atoms with Crippen molar-refractivity contribution in [3.05, 3.63) is 105 Å². The highest BCUT2D eigenvalue weighted by Crippen LogP contribution is 2.38. The number of likely N-dealkylation sites (tertiary alicyclic amines) is 1. The van der Waals surface area contributed by atoms with Gasteiger partial charge in [0.05, 0.1) is 10.0 Å². The Bertz CT molecular complexity index is 1220. The molecule has 194 valence electrons. The van der Waals surface area contributed by atoms with Crippen molar-refractivity contribution in [3.63, 3.8) is 0 Å². The van der Waals surface area contributed by atoms with Crippen LogP contribution in [0.15, 0.2) is 72.8 Å². The Morgan fingerprint density at radius 1 is 1.00 bits per heavy atom. The van der Waals surface area contributed by atoms with Crippen LogP contribution in [0.4, 0.5) is 0 Å². The van der Waals surface area contributed by atoms with Crippen LogP contribution < -0.4 is 5.32 Å². The molecule has 1 saturated heterocycles. The van der Waals surface area contributed by atoms with Gasteiger partial charge in [0.2, 0.25) is 0 Å². The third-order valence-corrected chi connectivity index (χ3v) is 8.91. The Hall–Kier alpha value is -2.37. The minimum absolute atomic E-state index is 0.0348. The zero-order chi connectivity index (χ0) is 25.8. The molecule has 6 heteroatoms. The molecular formula is C31H35Cl2N3O. The summed E-state index contributed by atoms with van der Waals surface area (Å²) >= 11 is 12.6. The molecule has 0 aromatic heterocycles. The van der Waals surface area contributed by atoms with Crippen molar-refractivity contribution in [1.82, 2.24) is 15.1 Å². The normalized spacial score (nSPS) is 17.8. The average Bonchev–Trinajstić information content (AvgIpc) is 2.94. The van der Waals surface area contributed by atoms with E-state index in [1.54, 1.807) is 0 Å². The zero-order valence-electron chi connectivity index (χ0n) is 21.4. The summed E-state index contributed by atoms with van der Waals surface area (Å²) in [6.45, 7) is 4.79. The van der Waals surface area contributed by atoms with Crippen molar-refractivity contribution in [2.75, 3.05) is 39.8 Å². The third-order valence-electron chi connectivity index (χ3n) is 8.17. The van der Waals surface area contributed by atoms with Gasteiger partial charge in [0.15, 0.2) is 0 Å². The van der Waals surface area contributed by atoms with Crippen LogP contribution >= 0.6 is 23.2 Å². The highest BCUT2D eigenvalue weighted by molar-refractivity contribution is 6.42. The van der Waals surface area contributed by atoms with Crippen LogP contribution in [0.1, 0.15) is 52.2 Å². The molecule has 5 rings (SSSR count). The number of nitrogens with one attached hydrogen (secondary N) is 1. The van der Waals surface area contributed by atoms with Crippen molar-refractivity contribution in [2.45, 2.75) is 37.1 Å². The van der Waals surface area contributed by atoms with Gasteiger partial charge in [0, 0.05) is 50.2 Å². The van der Waals surface area contributed by atoms with Crippen LogP contribution in [0.25, 0.3) is 0 Å². The van der Waals surface area contributed by atoms with Gasteiger partial charge in [0.1, 0.15) is 0 Å². The molecule has 1 N–H and O–H groups in total. The molecule has 37 heavy (non-hydrogen) atoms. The minimum atomic E-state index is 0.0348. The molecule has 0 bridgehead atoms. The SMILES string of the molecule is CN(C[C@@H](CCN1CCC2(CC1)NCCc1ccccc12)c1ccc(Cl)c(Cl)c1)C(=O)c1ccccc1. The molecule has 4 nitrogen and oxygen atoms in total. The lowest BCUT2D eigenvalue weighted by molar-refractivity contribution is 0.0778. The first kappa shape index (κ1) is 26.2. The van der Waals surface area contributed by atoms with E-state index in [1.165, 1.54) is 11.1 Å². The van der Waals surface area contributed by atoms with Gasteiger partial charge in [-0.05, 0) is 73.2 Å². The predicted octanol–water partition coefficient (Wildman–Crippen LogP) is 6.38. The molecule has 3 aromatic carbocycles. The van der Waals surface area contributed by atoms with Crippen LogP contribution in [0.3, 0.4) is 0 Å². The maximum absolute atomic E-state index is 13.1. The largest absolute Gasteiger partial charge is 0.341 e. The molecule has 3 aromatic rings. The van der Waals surface area contributed by atoms with Crippen LogP contribution in [0.5, 0.6) is 0 Å². The lowest BCUT2D eigenvalue weighted by atomic mass is 9.76. The van der Waals surface area contributed by atoms with Crippen LogP contribution in [0.2, 0.25) is 10.0 Å². The van der Waals surface area contributed by atoms with E-state index in [2.05, 4.69) is 34.5 Å². The molecule has 2 aliphatic heterocycles. The Morgan fingerprint density at radius 2 is 1.73 bits per heavy atom. The van der Waals surface area contributed by atoms with Gasteiger partial charge in [-0.3, -0.25) is 4.79 Å². The fourth-order valence-corrected chi connectivity index (χ4v) is 6.33. The van der Waals surface area contributed by atoms with Gasteiger partial charge in [-0.15, -0.1) is 0 Å². The van der Waals surface area contributed by atoms with E-state index in [0.29, 0.717) is 22.2 Å². The summed E-state index contributed by atoms with van der Waals surface area (Å²) in [4.78, 5) is 17.5. The lowest BCUT2D eigenvalue weighted by Gasteiger charge is -2.46. The molecule has 2 heterocycles. The molecule has 0 aliphatic carbocycles. The molecule has 2 aliphatic rings. The second-order valence-corrected chi connectivity index (χ2v) is 11.3. The first-order chi connectivity index (χ1) is 17.9. The molecule has 1 spiro atoms. The van der Waals surface area contributed by atoms with E-state index in [-0.39, 0.29) is 17.4 Å². The maximum Gasteiger partial charge on any atom is 0.253 e. The number of carbonyl (C=O) groups excluding carboxylic acids is 1.